The van der Waals surface area contributed by atoms with E-state index in [4.69, 9.17) is 10.3 Å². The van der Waals surface area contributed by atoms with Crippen molar-refractivity contribution in [2.24, 2.45) is 11.7 Å². The number of aryl methyl sites for hydroxylation is 1. The predicted molar refractivity (Wildman–Crippen MR) is 93.6 cm³/mol. The van der Waals surface area contributed by atoms with Crippen molar-refractivity contribution in [2.75, 3.05) is 6.54 Å². The molecule has 1 atom stereocenters. The number of carbonyl (C=O) groups excluding carboxylic acids is 1. The van der Waals surface area contributed by atoms with Crippen LogP contribution in [0.15, 0.2) is 4.52 Å². The summed E-state index contributed by atoms with van der Waals surface area (Å²) in [6.07, 6.45) is 1.71. The van der Waals surface area contributed by atoms with Crippen LogP contribution in [0.1, 0.15) is 66.1 Å². The fraction of sp³-hybridized carbons (Fsp3) is 0.812. The van der Waals surface area contributed by atoms with Gasteiger partial charge in [-0.05, 0) is 19.3 Å². The topological polar surface area (TPSA) is 94.0 Å². The van der Waals surface area contributed by atoms with Crippen molar-refractivity contribution < 1.29 is 9.32 Å². The van der Waals surface area contributed by atoms with Crippen LogP contribution in [0.25, 0.3) is 0 Å². The molecule has 0 aliphatic rings. The molecule has 1 aromatic rings. The van der Waals surface area contributed by atoms with Crippen LogP contribution in [0.2, 0.25) is 0 Å². The molecule has 0 aliphatic carbocycles. The van der Waals surface area contributed by atoms with Gasteiger partial charge in [0.05, 0.1) is 5.54 Å². The summed E-state index contributed by atoms with van der Waals surface area (Å²) in [6.45, 7) is 12.6. The first kappa shape index (κ1) is 21.9. The number of carbonyl (C=O) groups is 1. The Hall–Kier alpha value is -1.14. The van der Waals surface area contributed by atoms with Gasteiger partial charge in [-0.3, -0.25) is 4.79 Å². The van der Waals surface area contributed by atoms with Gasteiger partial charge in [-0.2, -0.15) is 4.98 Å². The number of halogens is 1. The van der Waals surface area contributed by atoms with E-state index in [0.717, 1.165) is 0 Å². The van der Waals surface area contributed by atoms with Crippen LogP contribution < -0.4 is 11.1 Å². The zero-order chi connectivity index (χ0) is 17.0. The number of amides is 1. The maximum atomic E-state index is 12.0. The summed E-state index contributed by atoms with van der Waals surface area (Å²) in [7, 11) is 0. The summed E-state index contributed by atoms with van der Waals surface area (Å²) >= 11 is 0. The van der Waals surface area contributed by atoms with Gasteiger partial charge in [-0.25, -0.2) is 0 Å². The zero-order valence-electron chi connectivity index (χ0n) is 15.1. The van der Waals surface area contributed by atoms with Gasteiger partial charge in [-0.15, -0.1) is 12.4 Å². The van der Waals surface area contributed by atoms with Gasteiger partial charge in [0, 0.05) is 24.8 Å². The van der Waals surface area contributed by atoms with E-state index in [1.165, 1.54) is 0 Å². The SMILES string of the molecule is CC(C)C(C)(CN)NC(=O)CCCc1nc(C(C)(C)C)no1.Cl. The molecule has 1 amide bonds. The molecule has 1 aromatic heterocycles. The summed E-state index contributed by atoms with van der Waals surface area (Å²) in [4.78, 5) is 16.4. The third-order valence-corrected chi connectivity index (χ3v) is 4.06. The van der Waals surface area contributed by atoms with Crippen molar-refractivity contribution >= 4 is 18.3 Å². The fourth-order valence-electron chi connectivity index (χ4n) is 1.87. The molecule has 0 bridgehead atoms. The zero-order valence-corrected chi connectivity index (χ0v) is 15.9. The van der Waals surface area contributed by atoms with E-state index in [1.54, 1.807) is 0 Å². The molecule has 0 spiro atoms. The summed E-state index contributed by atoms with van der Waals surface area (Å²) in [5, 5.41) is 7.01. The number of hydrogen-bond donors (Lipinski definition) is 2. The minimum absolute atomic E-state index is 0. The standard InChI is InChI=1S/C16H30N4O2.ClH/c1-11(2)16(6,10-17)19-12(21)8-7-9-13-18-14(20-22-13)15(3,4)5;/h11H,7-10,17H2,1-6H3,(H,19,21);1H. The molecule has 7 heteroatoms. The second kappa shape index (κ2) is 8.64. The van der Waals surface area contributed by atoms with E-state index in [9.17, 15) is 4.79 Å². The Morgan fingerprint density at radius 1 is 1.30 bits per heavy atom. The molecule has 1 unspecified atom stereocenters. The van der Waals surface area contributed by atoms with Crippen LogP contribution in [-0.4, -0.2) is 28.1 Å². The Morgan fingerprint density at radius 3 is 2.35 bits per heavy atom. The van der Waals surface area contributed by atoms with Gasteiger partial charge < -0.3 is 15.6 Å². The molecule has 1 rings (SSSR count). The molecular weight excluding hydrogens is 316 g/mol. The molecule has 0 aromatic carbocycles. The van der Waals surface area contributed by atoms with E-state index in [0.29, 0.717) is 37.5 Å². The van der Waals surface area contributed by atoms with Crippen LogP contribution >= 0.6 is 12.4 Å². The first-order chi connectivity index (χ1) is 10.1. The lowest BCUT2D eigenvalue weighted by molar-refractivity contribution is -0.123. The summed E-state index contributed by atoms with van der Waals surface area (Å²) in [6, 6.07) is 0. The molecule has 0 aliphatic heterocycles. The maximum Gasteiger partial charge on any atom is 0.226 e. The molecule has 6 nitrogen and oxygen atoms in total. The first-order valence-corrected chi connectivity index (χ1v) is 7.92. The van der Waals surface area contributed by atoms with E-state index < -0.39 is 0 Å². The summed E-state index contributed by atoms with van der Waals surface area (Å²) < 4.78 is 5.22. The Morgan fingerprint density at radius 2 is 1.91 bits per heavy atom. The molecule has 134 valence electrons. The van der Waals surface area contributed by atoms with Crippen LogP contribution in [0, 0.1) is 5.92 Å². The molecule has 0 saturated carbocycles. The number of nitrogens with one attached hydrogen (secondary N) is 1. The van der Waals surface area contributed by atoms with Crippen molar-refractivity contribution in [1.29, 1.82) is 0 Å². The van der Waals surface area contributed by atoms with Crippen LogP contribution in [-0.2, 0) is 16.6 Å². The van der Waals surface area contributed by atoms with Crippen molar-refractivity contribution in [1.82, 2.24) is 15.5 Å². The van der Waals surface area contributed by atoms with E-state index in [1.807, 2.05) is 27.7 Å². The maximum absolute atomic E-state index is 12.0. The second-order valence-corrected chi connectivity index (χ2v) is 7.44. The predicted octanol–water partition coefficient (Wildman–Crippen LogP) is 2.60. The first-order valence-electron chi connectivity index (χ1n) is 7.92. The highest BCUT2D eigenvalue weighted by Gasteiger charge is 2.28. The second-order valence-electron chi connectivity index (χ2n) is 7.44. The average molecular weight is 347 g/mol. The number of nitrogens with zero attached hydrogens (tertiary/aromatic N) is 2. The van der Waals surface area contributed by atoms with Gasteiger partial charge >= 0.3 is 0 Å². The Balaban J connectivity index is 0.00000484. The van der Waals surface area contributed by atoms with Gasteiger partial charge in [-0.1, -0.05) is 39.8 Å². The van der Waals surface area contributed by atoms with Crippen molar-refractivity contribution in [3.05, 3.63) is 11.7 Å². The van der Waals surface area contributed by atoms with Gasteiger partial charge in [0.15, 0.2) is 5.82 Å². The number of hydrogen-bond acceptors (Lipinski definition) is 5. The Kier molecular flexibility index (Phi) is 8.21. The van der Waals surface area contributed by atoms with Crippen LogP contribution in [0.5, 0.6) is 0 Å². The van der Waals surface area contributed by atoms with E-state index >= 15 is 0 Å². The third kappa shape index (κ3) is 6.47. The van der Waals surface area contributed by atoms with Gasteiger partial charge in [0.25, 0.3) is 0 Å². The van der Waals surface area contributed by atoms with Crippen LogP contribution in [0.3, 0.4) is 0 Å². The number of aromatic nitrogens is 2. The minimum Gasteiger partial charge on any atom is -0.349 e. The highest BCUT2D eigenvalue weighted by molar-refractivity contribution is 5.85. The van der Waals surface area contributed by atoms with E-state index in [-0.39, 0.29) is 35.2 Å². The average Bonchev–Trinajstić information content (AvgIpc) is 2.87. The number of nitrogens with two attached hydrogens (primary N) is 1. The van der Waals surface area contributed by atoms with Crippen molar-refractivity contribution in [2.45, 2.75) is 71.8 Å². The fourth-order valence-corrected chi connectivity index (χ4v) is 1.87. The lowest BCUT2D eigenvalue weighted by atomic mass is 9.88. The van der Waals surface area contributed by atoms with Gasteiger partial charge in [0.1, 0.15) is 0 Å². The molecule has 1 heterocycles. The lowest BCUT2D eigenvalue weighted by Crippen LogP contribution is -2.54. The summed E-state index contributed by atoms with van der Waals surface area (Å²) in [5.41, 5.74) is 5.29. The minimum atomic E-state index is -0.360. The van der Waals surface area contributed by atoms with Crippen molar-refractivity contribution in [3.8, 4) is 0 Å². The van der Waals surface area contributed by atoms with Crippen LogP contribution in [0.4, 0.5) is 0 Å². The quantitative estimate of drug-likeness (QED) is 0.791. The lowest BCUT2D eigenvalue weighted by Gasteiger charge is -2.33. The Labute approximate surface area is 145 Å². The van der Waals surface area contributed by atoms with Crippen molar-refractivity contribution in [3.63, 3.8) is 0 Å². The highest BCUT2D eigenvalue weighted by Crippen LogP contribution is 2.19. The summed E-state index contributed by atoms with van der Waals surface area (Å²) in [5.74, 6) is 1.58. The molecule has 23 heavy (non-hydrogen) atoms. The highest BCUT2D eigenvalue weighted by atomic mass is 35.5. The smallest absolute Gasteiger partial charge is 0.226 e. The largest absolute Gasteiger partial charge is 0.349 e. The third-order valence-electron chi connectivity index (χ3n) is 4.06. The molecule has 0 radical (unpaired) electrons. The molecule has 0 saturated heterocycles. The van der Waals surface area contributed by atoms with E-state index in [2.05, 4.69) is 29.3 Å². The monoisotopic (exact) mass is 346 g/mol. The molecule has 0 fully saturated rings. The Bertz CT molecular complexity index is 497. The molecular formula is C16H31ClN4O2. The normalized spacial score (nSPS) is 14.3. The van der Waals surface area contributed by atoms with Gasteiger partial charge in [0.2, 0.25) is 11.8 Å². The number of rotatable bonds is 7. The molecule has 3 N–H and O–H groups in total.